The van der Waals surface area contributed by atoms with Gasteiger partial charge in [0.2, 0.25) is 17.7 Å². The molecule has 1 fully saturated rings. The molecule has 0 unspecified atom stereocenters. The van der Waals surface area contributed by atoms with Crippen LogP contribution in [0, 0.1) is 5.92 Å². The maximum atomic E-state index is 11.4. The number of rotatable bonds is 4. The number of amides is 2. The zero-order valence-electron chi connectivity index (χ0n) is 11.5. The number of hydrogen-bond donors (Lipinski definition) is 2. The lowest BCUT2D eigenvalue weighted by molar-refractivity contribution is -0.130. The van der Waals surface area contributed by atoms with Crippen LogP contribution in [0.4, 0.5) is 11.5 Å². The van der Waals surface area contributed by atoms with E-state index in [0.29, 0.717) is 29.9 Å². The van der Waals surface area contributed by atoms with E-state index >= 15 is 0 Å². The topological polar surface area (TPSA) is 97.5 Å². The van der Waals surface area contributed by atoms with Gasteiger partial charge in [0.25, 0.3) is 0 Å². The molecule has 1 saturated heterocycles. The van der Waals surface area contributed by atoms with Crippen LogP contribution in [-0.4, -0.2) is 36.5 Å². The summed E-state index contributed by atoms with van der Waals surface area (Å²) >= 11 is 0. The van der Waals surface area contributed by atoms with E-state index in [9.17, 15) is 9.59 Å². The van der Waals surface area contributed by atoms with Crippen molar-refractivity contribution in [1.29, 1.82) is 0 Å². The third kappa shape index (κ3) is 3.37. The molecule has 2 heterocycles. The van der Waals surface area contributed by atoms with Gasteiger partial charge < -0.3 is 15.4 Å². The van der Waals surface area contributed by atoms with Crippen molar-refractivity contribution in [3.05, 3.63) is 12.1 Å². The molecular formula is C13H18N4O3. The summed E-state index contributed by atoms with van der Waals surface area (Å²) in [5.74, 6) is 0.493. The SMILES string of the molecule is CC(C)COc1nc(N2CC(=O)NC(=O)C2)ccc1N. The number of nitrogen functional groups attached to an aromatic ring is 1. The molecule has 0 aromatic carbocycles. The minimum absolute atomic E-state index is 0.0896. The second-order valence-electron chi connectivity index (χ2n) is 5.10. The highest BCUT2D eigenvalue weighted by atomic mass is 16.5. The smallest absolute Gasteiger partial charge is 0.246 e. The van der Waals surface area contributed by atoms with E-state index in [2.05, 4.69) is 10.3 Å². The number of nitrogens with two attached hydrogens (primary N) is 1. The molecule has 3 N–H and O–H groups in total. The van der Waals surface area contributed by atoms with Gasteiger partial charge in [-0.25, -0.2) is 0 Å². The van der Waals surface area contributed by atoms with E-state index in [-0.39, 0.29) is 24.9 Å². The number of pyridine rings is 1. The summed E-state index contributed by atoms with van der Waals surface area (Å²) in [4.78, 5) is 28.6. The zero-order chi connectivity index (χ0) is 14.7. The molecule has 108 valence electrons. The fraction of sp³-hybridized carbons (Fsp3) is 0.462. The van der Waals surface area contributed by atoms with Gasteiger partial charge in [-0.05, 0) is 18.1 Å². The lowest BCUT2D eigenvalue weighted by Gasteiger charge is -2.26. The third-order valence-corrected chi connectivity index (χ3v) is 2.70. The zero-order valence-corrected chi connectivity index (χ0v) is 11.5. The Morgan fingerprint density at radius 1 is 1.35 bits per heavy atom. The van der Waals surface area contributed by atoms with Crippen LogP contribution < -0.4 is 20.7 Å². The molecule has 0 atom stereocenters. The lowest BCUT2D eigenvalue weighted by atomic mass is 10.2. The van der Waals surface area contributed by atoms with Crippen molar-refractivity contribution in [2.75, 3.05) is 30.3 Å². The van der Waals surface area contributed by atoms with Gasteiger partial charge in [0.15, 0.2) is 0 Å². The molecule has 2 rings (SSSR count). The average molecular weight is 278 g/mol. The van der Waals surface area contributed by atoms with Crippen molar-refractivity contribution >= 4 is 23.3 Å². The molecule has 1 aromatic rings. The van der Waals surface area contributed by atoms with Crippen molar-refractivity contribution in [1.82, 2.24) is 10.3 Å². The summed E-state index contributed by atoms with van der Waals surface area (Å²) in [6.45, 7) is 4.72. The van der Waals surface area contributed by atoms with Crippen LogP contribution in [0.3, 0.4) is 0 Å². The highest BCUT2D eigenvalue weighted by Crippen LogP contribution is 2.24. The first kappa shape index (κ1) is 14.1. The van der Waals surface area contributed by atoms with Crippen LogP contribution >= 0.6 is 0 Å². The van der Waals surface area contributed by atoms with E-state index in [1.807, 2.05) is 13.8 Å². The number of hydrogen-bond acceptors (Lipinski definition) is 6. The number of nitrogens with one attached hydrogen (secondary N) is 1. The molecule has 7 heteroatoms. The maximum Gasteiger partial charge on any atom is 0.246 e. The van der Waals surface area contributed by atoms with Crippen LogP contribution in [0.15, 0.2) is 12.1 Å². The summed E-state index contributed by atoms with van der Waals surface area (Å²) in [7, 11) is 0. The van der Waals surface area contributed by atoms with Crippen molar-refractivity contribution < 1.29 is 14.3 Å². The molecule has 1 aliphatic heterocycles. The van der Waals surface area contributed by atoms with E-state index in [1.54, 1.807) is 17.0 Å². The van der Waals surface area contributed by atoms with Gasteiger partial charge in [0.1, 0.15) is 5.82 Å². The Bertz CT molecular complexity index is 514. The number of imide groups is 1. The first-order valence-electron chi connectivity index (χ1n) is 6.42. The number of nitrogens with zero attached hydrogens (tertiary/aromatic N) is 2. The standard InChI is InChI=1S/C13H18N4O3/c1-8(2)7-20-13-9(14)3-4-10(15-13)17-5-11(18)16-12(19)6-17/h3-4,8H,5-7,14H2,1-2H3,(H,16,18,19). The average Bonchev–Trinajstić information content (AvgIpc) is 2.36. The van der Waals surface area contributed by atoms with Gasteiger partial charge in [0, 0.05) is 0 Å². The van der Waals surface area contributed by atoms with E-state index in [1.165, 1.54) is 0 Å². The largest absolute Gasteiger partial charge is 0.476 e. The van der Waals surface area contributed by atoms with Crippen LogP contribution in [0.1, 0.15) is 13.8 Å². The molecule has 0 bridgehead atoms. The van der Waals surface area contributed by atoms with Crippen LogP contribution in [0.5, 0.6) is 5.88 Å². The van der Waals surface area contributed by atoms with Crippen LogP contribution in [0.25, 0.3) is 0 Å². The Balaban J connectivity index is 2.17. The first-order chi connectivity index (χ1) is 9.45. The Morgan fingerprint density at radius 2 is 2.00 bits per heavy atom. The van der Waals surface area contributed by atoms with E-state index < -0.39 is 0 Å². The molecule has 7 nitrogen and oxygen atoms in total. The first-order valence-corrected chi connectivity index (χ1v) is 6.42. The van der Waals surface area contributed by atoms with E-state index in [4.69, 9.17) is 10.5 Å². The lowest BCUT2D eigenvalue weighted by Crippen LogP contribution is -2.51. The second kappa shape index (κ2) is 5.77. The Labute approximate surface area is 117 Å². The molecule has 0 aliphatic carbocycles. The normalized spacial score (nSPS) is 15.4. The van der Waals surface area contributed by atoms with Gasteiger partial charge in [-0.1, -0.05) is 13.8 Å². The Kier molecular flexibility index (Phi) is 4.07. The number of aromatic nitrogens is 1. The third-order valence-electron chi connectivity index (χ3n) is 2.70. The van der Waals surface area contributed by atoms with Crippen molar-refractivity contribution in [3.63, 3.8) is 0 Å². The summed E-state index contributed by atoms with van der Waals surface area (Å²) in [5.41, 5.74) is 6.24. The summed E-state index contributed by atoms with van der Waals surface area (Å²) in [6.07, 6.45) is 0. The number of ether oxygens (including phenoxy) is 1. The minimum atomic E-state index is -0.343. The molecule has 20 heavy (non-hydrogen) atoms. The predicted molar refractivity (Wildman–Crippen MR) is 74.3 cm³/mol. The van der Waals surface area contributed by atoms with Gasteiger partial charge in [-0.15, -0.1) is 0 Å². The van der Waals surface area contributed by atoms with Gasteiger partial charge in [0.05, 0.1) is 25.4 Å². The highest BCUT2D eigenvalue weighted by Gasteiger charge is 2.24. The van der Waals surface area contributed by atoms with Gasteiger partial charge in [-0.2, -0.15) is 4.98 Å². The molecule has 0 saturated carbocycles. The predicted octanol–water partition coefficient (Wildman–Crippen LogP) is 0.161. The number of carbonyl (C=O) groups is 2. The molecule has 0 radical (unpaired) electrons. The Hall–Kier alpha value is -2.31. The molecule has 1 aromatic heterocycles. The summed E-state index contributed by atoms with van der Waals surface area (Å²) < 4.78 is 5.54. The molecule has 1 aliphatic rings. The maximum absolute atomic E-state index is 11.4. The van der Waals surface area contributed by atoms with Crippen molar-refractivity contribution in [2.45, 2.75) is 13.8 Å². The summed E-state index contributed by atoms with van der Waals surface area (Å²) in [6, 6.07) is 3.33. The fourth-order valence-electron chi connectivity index (χ4n) is 1.78. The van der Waals surface area contributed by atoms with Crippen molar-refractivity contribution in [2.24, 2.45) is 5.92 Å². The van der Waals surface area contributed by atoms with Crippen LogP contribution in [0.2, 0.25) is 0 Å². The number of carbonyl (C=O) groups excluding carboxylic acids is 2. The second-order valence-corrected chi connectivity index (χ2v) is 5.10. The molecular weight excluding hydrogens is 260 g/mol. The molecule has 0 spiro atoms. The Morgan fingerprint density at radius 3 is 2.60 bits per heavy atom. The number of anilines is 2. The summed E-state index contributed by atoms with van der Waals surface area (Å²) in [5, 5.41) is 2.24. The minimum Gasteiger partial charge on any atom is -0.476 e. The van der Waals surface area contributed by atoms with Gasteiger partial charge in [-0.3, -0.25) is 14.9 Å². The fourth-order valence-corrected chi connectivity index (χ4v) is 1.78. The van der Waals surface area contributed by atoms with Crippen molar-refractivity contribution in [3.8, 4) is 5.88 Å². The van der Waals surface area contributed by atoms with Gasteiger partial charge >= 0.3 is 0 Å². The highest BCUT2D eigenvalue weighted by molar-refractivity contribution is 6.02. The quantitative estimate of drug-likeness (QED) is 0.761. The molecule has 2 amide bonds. The monoisotopic (exact) mass is 278 g/mol. The van der Waals surface area contributed by atoms with Crippen LogP contribution in [-0.2, 0) is 9.59 Å². The van der Waals surface area contributed by atoms with E-state index in [0.717, 1.165) is 0 Å². The number of piperazine rings is 1.